The molecule has 9 nitrogen and oxygen atoms in total. The molecule has 4 rings (SSSR count). The number of rotatable bonds is 4. The fraction of sp³-hybridized carbons (Fsp3) is 0.278. The highest BCUT2D eigenvalue weighted by Gasteiger charge is 2.27. The molecule has 0 fully saturated rings. The van der Waals surface area contributed by atoms with E-state index >= 15 is 0 Å². The van der Waals surface area contributed by atoms with Crippen LogP contribution in [0.5, 0.6) is 0 Å². The largest absolute Gasteiger partial charge is 0.376 e. The molecule has 3 heterocycles. The normalized spacial score (nSPS) is 13.2. The molecule has 0 saturated heterocycles. The smallest absolute Gasteiger partial charge is 0.273 e. The third-order valence-electron chi connectivity index (χ3n) is 4.46. The molecule has 1 aliphatic heterocycles. The molecule has 0 unspecified atom stereocenters. The van der Waals surface area contributed by atoms with Gasteiger partial charge in [0.15, 0.2) is 5.82 Å². The molecule has 0 bridgehead atoms. The zero-order chi connectivity index (χ0) is 19.8. The second-order valence-electron chi connectivity index (χ2n) is 6.37. The van der Waals surface area contributed by atoms with Crippen LogP contribution in [0.1, 0.15) is 32.2 Å². The Hall–Kier alpha value is -3.11. The highest BCUT2D eigenvalue weighted by atomic mass is 32.1. The van der Waals surface area contributed by atoms with Crippen LogP contribution < -0.4 is 5.32 Å². The number of anilines is 1. The highest BCUT2D eigenvalue weighted by Crippen LogP contribution is 2.42. The molecule has 0 radical (unpaired) electrons. The molecule has 0 saturated carbocycles. The van der Waals surface area contributed by atoms with E-state index in [1.54, 1.807) is 26.0 Å². The first-order valence-corrected chi connectivity index (χ1v) is 9.35. The molecule has 1 aromatic carbocycles. The fourth-order valence-corrected chi connectivity index (χ4v) is 4.24. The Morgan fingerprint density at radius 1 is 1.36 bits per heavy atom. The number of nitro groups is 1. The van der Waals surface area contributed by atoms with Crippen molar-refractivity contribution in [2.75, 3.05) is 11.9 Å². The quantitative estimate of drug-likeness (QED) is 0.524. The SMILES string of the molecule is Cc1noc(-c2c(NC(=O)c3ccc(C)c([N+](=O)[O-])c3)sc3c2CCOC3)n1. The zero-order valence-corrected chi connectivity index (χ0v) is 16.0. The van der Waals surface area contributed by atoms with Gasteiger partial charge in [0.1, 0.15) is 5.00 Å². The van der Waals surface area contributed by atoms with E-state index in [1.165, 1.54) is 17.4 Å². The van der Waals surface area contributed by atoms with Gasteiger partial charge < -0.3 is 14.6 Å². The van der Waals surface area contributed by atoms with Crippen LogP contribution in [0.4, 0.5) is 10.7 Å². The number of hydrogen-bond donors (Lipinski definition) is 1. The lowest BCUT2D eigenvalue weighted by Gasteiger charge is -2.12. The molecule has 28 heavy (non-hydrogen) atoms. The maximum absolute atomic E-state index is 12.8. The van der Waals surface area contributed by atoms with E-state index in [0.717, 1.165) is 10.4 Å². The first-order valence-electron chi connectivity index (χ1n) is 8.53. The summed E-state index contributed by atoms with van der Waals surface area (Å²) in [6.45, 7) is 4.37. The Kier molecular flexibility index (Phi) is 4.65. The summed E-state index contributed by atoms with van der Waals surface area (Å²) in [5.41, 5.74) is 2.31. The summed E-state index contributed by atoms with van der Waals surface area (Å²) in [4.78, 5) is 28.7. The second kappa shape index (κ2) is 7.13. The van der Waals surface area contributed by atoms with Gasteiger partial charge in [-0.15, -0.1) is 11.3 Å². The number of benzene rings is 1. The number of aryl methyl sites for hydroxylation is 2. The summed E-state index contributed by atoms with van der Waals surface area (Å²) in [6.07, 6.45) is 0.675. The summed E-state index contributed by atoms with van der Waals surface area (Å²) in [5.74, 6) is 0.385. The van der Waals surface area contributed by atoms with Crippen molar-refractivity contribution in [2.45, 2.75) is 26.9 Å². The maximum atomic E-state index is 12.8. The van der Waals surface area contributed by atoms with Crippen LogP contribution in [-0.4, -0.2) is 27.6 Å². The lowest BCUT2D eigenvalue weighted by atomic mass is 10.1. The zero-order valence-electron chi connectivity index (χ0n) is 15.1. The molecule has 1 aliphatic rings. The minimum Gasteiger partial charge on any atom is -0.376 e. The van der Waals surface area contributed by atoms with Gasteiger partial charge in [0, 0.05) is 22.1 Å². The summed E-state index contributed by atoms with van der Waals surface area (Å²) in [5, 5.41) is 18.4. The van der Waals surface area contributed by atoms with Crippen molar-refractivity contribution in [3.63, 3.8) is 0 Å². The second-order valence-corrected chi connectivity index (χ2v) is 7.47. The van der Waals surface area contributed by atoms with Crippen LogP contribution in [0.3, 0.4) is 0 Å². The lowest BCUT2D eigenvalue weighted by Crippen LogP contribution is -2.12. The van der Waals surface area contributed by atoms with E-state index in [0.29, 0.717) is 47.5 Å². The van der Waals surface area contributed by atoms with E-state index in [9.17, 15) is 14.9 Å². The van der Waals surface area contributed by atoms with Crippen molar-refractivity contribution in [3.8, 4) is 11.5 Å². The Bertz CT molecular complexity index is 1090. The lowest BCUT2D eigenvalue weighted by molar-refractivity contribution is -0.385. The van der Waals surface area contributed by atoms with Crippen molar-refractivity contribution in [3.05, 3.63) is 55.7 Å². The van der Waals surface area contributed by atoms with Crippen molar-refractivity contribution in [2.24, 2.45) is 0 Å². The number of thiophene rings is 1. The van der Waals surface area contributed by atoms with Crippen LogP contribution in [0.15, 0.2) is 22.7 Å². The Morgan fingerprint density at radius 3 is 2.89 bits per heavy atom. The average Bonchev–Trinajstić information content (AvgIpc) is 3.24. The van der Waals surface area contributed by atoms with Crippen LogP contribution in [0.25, 0.3) is 11.5 Å². The Labute approximate surface area is 163 Å². The Balaban J connectivity index is 1.72. The first-order chi connectivity index (χ1) is 13.4. The number of carbonyl (C=O) groups excluding carboxylic acids is 1. The molecule has 2 aromatic heterocycles. The molecular formula is C18H16N4O5S. The Morgan fingerprint density at radius 2 is 2.18 bits per heavy atom. The molecule has 1 N–H and O–H groups in total. The van der Waals surface area contributed by atoms with Crippen LogP contribution in [-0.2, 0) is 17.8 Å². The van der Waals surface area contributed by atoms with E-state index < -0.39 is 10.8 Å². The van der Waals surface area contributed by atoms with Gasteiger partial charge in [-0.3, -0.25) is 14.9 Å². The van der Waals surface area contributed by atoms with Crippen LogP contribution in [0, 0.1) is 24.0 Å². The van der Waals surface area contributed by atoms with Gasteiger partial charge in [-0.25, -0.2) is 0 Å². The summed E-state index contributed by atoms with van der Waals surface area (Å²) >= 11 is 1.38. The molecule has 0 spiro atoms. The molecular weight excluding hydrogens is 384 g/mol. The number of nitrogens with zero attached hydrogens (tertiary/aromatic N) is 3. The van der Waals surface area contributed by atoms with Gasteiger partial charge in [0.05, 0.1) is 23.7 Å². The van der Waals surface area contributed by atoms with Gasteiger partial charge in [0.25, 0.3) is 17.5 Å². The van der Waals surface area contributed by atoms with Crippen molar-refractivity contribution >= 4 is 27.9 Å². The van der Waals surface area contributed by atoms with Crippen LogP contribution in [0.2, 0.25) is 0 Å². The van der Waals surface area contributed by atoms with Crippen LogP contribution >= 0.6 is 11.3 Å². The van der Waals surface area contributed by atoms with Gasteiger partial charge in [-0.2, -0.15) is 4.98 Å². The van der Waals surface area contributed by atoms with Crippen molar-refractivity contribution in [1.29, 1.82) is 0 Å². The topological polar surface area (TPSA) is 120 Å². The van der Waals surface area contributed by atoms with Gasteiger partial charge in [0.2, 0.25) is 0 Å². The predicted octanol–water partition coefficient (Wildman–Crippen LogP) is 3.65. The number of ether oxygens (including phenoxy) is 1. The number of fused-ring (bicyclic) bond motifs is 1. The van der Waals surface area contributed by atoms with E-state index in [1.807, 2.05) is 0 Å². The summed E-state index contributed by atoms with van der Waals surface area (Å²) in [7, 11) is 0. The molecule has 0 aliphatic carbocycles. The van der Waals surface area contributed by atoms with Crippen molar-refractivity contribution < 1.29 is 19.0 Å². The predicted molar refractivity (Wildman–Crippen MR) is 101 cm³/mol. The molecule has 0 atom stereocenters. The molecule has 3 aromatic rings. The summed E-state index contributed by atoms with van der Waals surface area (Å²) < 4.78 is 10.8. The number of nitro benzene ring substituents is 1. The molecule has 10 heteroatoms. The fourth-order valence-electron chi connectivity index (χ4n) is 3.07. The third-order valence-corrected chi connectivity index (χ3v) is 5.58. The van der Waals surface area contributed by atoms with E-state index in [-0.39, 0.29) is 11.3 Å². The molecule has 1 amide bonds. The number of aromatic nitrogens is 2. The van der Waals surface area contributed by atoms with Gasteiger partial charge in [-0.1, -0.05) is 11.2 Å². The number of amides is 1. The maximum Gasteiger partial charge on any atom is 0.273 e. The van der Waals surface area contributed by atoms with Gasteiger partial charge in [-0.05, 0) is 31.9 Å². The monoisotopic (exact) mass is 400 g/mol. The minimum absolute atomic E-state index is 0.0979. The van der Waals surface area contributed by atoms with Gasteiger partial charge >= 0.3 is 0 Å². The first kappa shape index (κ1) is 18.3. The van der Waals surface area contributed by atoms with Crippen molar-refractivity contribution in [1.82, 2.24) is 10.1 Å². The summed E-state index contributed by atoms with van der Waals surface area (Å²) in [6, 6.07) is 4.39. The van der Waals surface area contributed by atoms with E-state index in [4.69, 9.17) is 9.26 Å². The number of carbonyl (C=O) groups is 1. The minimum atomic E-state index is -0.500. The number of nitrogens with one attached hydrogen (secondary N) is 1. The standard InChI is InChI=1S/C18H16N4O5S/c1-9-3-4-11(7-13(9)22(24)25)16(23)20-18-15(17-19-10(2)21-27-17)12-5-6-26-8-14(12)28-18/h3-4,7H,5-6,8H2,1-2H3,(H,20,23). The number of hydrogen-bond acceptors (Lipinski definition) is 8. The highest BCUT2D eigenvalue weighted by molar-refractivity contribution is 7.17. The third kappa shape index (κ3) is 3.27. The average molecular weight is 400 g/mol. The molecule has 144 valence electrons. The van der Waals surface area contributed by atoms with E-state index in [2.05, 4.69) is 15.5 Å².